The number of carbonyl (C=O) groups excluding carboxylic acids is 2. The summed E-state index contributed by atoms with van der Waals surface area (Å²) < 4.78 is 78.0. The summed E-state index contributed by atoms with van der Waals surface area (Å²) in [7, 11) is 0. The van der Waals surface area contributed by atoms with Gasteiger partial charge in [-0.1, -0.05) is 6.58 Å². The molecule has 0 amide bonds. The summed E-state index contributed by atoms with van der Waals surface area (Å²) in [6, 6.07) is 0. The van der Waals surface area contributed by atoms with Gasteiger partial charge in [-0.3, -0.25) is 4.79 Å². The number of ether oxygens (including phenoxy) is 3. The Balaban J connectivity index is 3.12. The van der Waals surface area contributed by atoms with Crippen LogP contribution >= 0.6 is 0 Å². The molecule has 1 aliphatic heterocycles. The van der Waals surface area contributed by atoms with E-state index in [2.05, 4.69) is 20.8 Å². The number of hydrogen-bond donors (Lipinski definition) is 1. The molecule has 22 heavy (non-hydrogen) atoms. The lowest BCUT2D eigenvalue weighted by Crippen LogP contribution is -2.59. The lowest BCUT2D eigenvalue weighted by Gasteiger charge is -2.30. The van der Waals surface area contributed by atoms with Crippen LogP contribution in [0.25, 0.3) is 0 Å². The first-order valence-corrected chi connectivity index (χ1v) is 5.68. The number of esters is 2. The summed E-state index contributed by atoms with van der Waals surface area (Å²) in [5.41, 5.74) is 0. The predicted molar refractivity (Wildman–Crippen MR) is 57.5 cm³/mol. The highest BCUT2D eigenvalue weighted by molar-refractivity contribution is 5.81. The fraction of sp³-hybridized carbons (Fsp3) is 0.636. The van der Waals surface area contributed by atoms with Gasteiger partial charge in [0.05, 0.1) is 0 Å². The number of rotatable bonds is 4. The van der Waals surface area contributed by atoms with Gasteiger partial charge in [0.25, 0.3) is 0 Å². The highest BCUT2D eigenvalue weighted by Gasteiger charge is 2.81. The van der Waals surface area contributed by atoms with E-state index >= 15 is 0 Å². The van der Waals surface area contributed by atoms with Crippen molar-refractivity contribution in [3.63, 3.8) is 0 Å². The number of hydrogen-bond acceptors (Lipinski definition) is 6. The van der Waals surface area contributed by atoms with Gasteiger partial charge in [-0.25, -0.2) is 4.79 Å². The molecule has 3 atom stereocenters. The zero-order valence-corrected chi connectivity index (χ0v) is 11.0. The molecule has 0 aromatic heterocycles. The standard InChI is InChI=1S/C11H11F5O6/c1-3-7(18)20-4-6-8(21-5(2)17)9(12,13)10(19,22-6)11(14,15)16/h3,6,8,19H,1,4H2,2H3. The van der Waals surface area contributed by atoms with E-state index < -0.39 is 48.6 Å². The van der Waals surface area contributed by atoms with Crippen molar-refractivity contribution in [1.82, 2.24) is 0 Å². The van der Waals surface area contributed by atoms with Crippen LogP contribution in [0.5, 0.6) is 0 Å². The lowest BCUT2D eigenvalue weighted by atomic mass is 10.0. The van der Waals surface area contributed by atoms with E-state index in [9.17, 15) is 36.6 Å². The Morgan fingerprint density at radius 3 is 2.36 bits per heavy atom. The third-order valence-corrected chi connectivity index (χ3v) is 2.70. The maximum absolute atomic E-state index is 13.8. The predicted octanol–water partition coefficient (Wildman–Crippen LogP) is 0.932. The molecule has 0 bridgehead atoms. The Morgan fingerprint density at radius 1 is 1.41 bits per heavy atom. The summed E-state index contributed by atoms with van der Waals surface area (Å²) in [5.74, 6) is -12.4. The van der Waals surface area contributed by atoms with Crippen LogP contribution in [0.2, 0.25) is 0 Å². The molecular weight excluding hydrogens is 323 g/mol. The minimum absolute atomic E-state index is 0.629. The van der Waals surface area contributed by atoms with Crippen molar-refractivity contribution in [3.8, 4) is 0 Å². The van der Waals surface area contributed by atoms with E-state index in [1.807, 2.05) is 0 Å². The maximum Gasteiger partial charge on any atom is 0.449 e. The number of carbonyl (C=O) groups is 2. The third kappa shape index (κ3) is 3.04. The van der Waals surface area contributed by atoms with E-state index in [0.29, 0.717) is 13.0 Å². The van der Waals surface area contributed by atoms with Crippen LogP contribution in [0.15, 0.2) is 12.7 Å². The van der Waals surface area contributed by atoms with Gasteiger partial charge in [0.15, 0.2) is 0 Å². The molecule has 1 heterocycles. The van der Waals surface area contributed by atoms with Gasteiger partial charge in [0.2, 0.25) is 6.10 Å². The Bertz CT molecular complexity index is 476. The van der Waals surface area contributed by atoms with Crippen molar-refractivity contribution in [3.05, 3.63) is 12.7 Å². The van der Waals surface area contributed by atoms with Gasteiger partial charge in [-0.15, -0.1) is 0 Å². The first-order valence-electron chi connectivity index (χ1n) is 5.68. The molecule has 0 radical (unpaired) electrons. The average Bonchev–Trinajstić information content (AvgIpc) is 2.56. The molecule has 0 spiro atoms. The molecule has 1 saturated heterocycles. The van der Waals surface area contributed by atoms with Gasteiger partial charge >= 0.3 is 29.8 Å². The fourth-order valence-electron chi connectivity index (χ4n) is 1.71. The molecule has 0 aromatic rings. The maximum atomic E-state index is 13.8. The molecule has 6 nitrogen and oxygen atoms in total. The van der Waals surface area contributed by atoms with E-state index in [4.69, 9.17) is 0 Å². The molecule has 0 aromatic carbocycles. The van der Waals surface area contributed by atoms with Gasteiger partial charge in [0.1, 0.15) is 12.7 Å². The zero-order chi connectivity index (χ0) is 17.3. The van der Waals surface area contributed by atoms with Gasteiger partial charge in [0, 0.05) is 13.0 Å². The highest BCUT2D eigenvalue weighted by Crippen LogP contribution is 2.52. The lowest BCUT2D eigenvalue weighted by molar-refractivity contribution is -0.409. The largest absolute Gasteiger partial charge is 0.460 e. The molecular formula is C11H11F5O6. The first-order chi connectivity index (χ1) is 9.86. The Morgan fingerprint density at radius 2 is 1.95 bits per heavy atom. The van der Waals surface area contributed by atoms with Gasteiger partial charge in [-0.05, 0) is 0 Å². The number of halogens is 5. The van der Waals surface area contributed by atoms with Crippen molar-refractivity contribution in [1.29, 1.82) is 0 Å². The number of alkyl halides is 5. The van der Waals surface area contributed by atoms with Crippen molar-refractivity contribution < 1.29 is 50.9 Å². The number of aliphatic hydroxyl groups is 1. The molecule has 1 N–H and O–H groups in total. The molecule has 1 aliphatic rings. The van der Waals surface area contributed by atoms with E-state index in [1.54, 1.807) is 0 Å². The Hall–Kier alpha value is -1.75. The minimum atomic E-state index is -5.88. The topological polar surface area (TPSA) is 82.1 Å². The van der Waals surface area contributed by atoms with E-state index in [1.165, 1.54) is 0 Å². The summed E-state index contributed by atoms with van der Waals surface area (Å²) in [4.78, 5) is 21.6. The van der Waals surface area contributed by atoms with Crippen LogP contribution in [0.3, 0.4) is 0 Å². The van der Waals surface area contributed by atoms with Crippen molar-refractivity contribution >= 4 is 11.9 Å². The van der Waals surface area contributed by atoms with Crippen LogP contribution in [0.1, 0.15) is 6.92 Å². The van der Waals surface area contributed by atoms with Crippen molar-refractivity contribution in [2.75, 3.05) is 6.61 Å². The smallest absolute Gasteiger partial charge is 0.449 e. The van der Waals surface area contributed by atoms with Crippen LogP contribution in [0.4, 0.5) is 22.0 Å². The van der Waals surface area contributed by atoms with Crippen LogP contribution in [-0.4, -0.2) is 53.7 Å². The molecule has 0 saturated carbocycles. The fourth-order valence-corrected chi connectivity index (χ4v) is 1.71. The normalized spacial score (nSPS) is 30.7. The summed E-state index contributed by atoms with van der Waals surface area (Å²) in [6.07, 6.45) is -10.3. The van der Waals surface area contributed by atoms with Gasteiger partial charge < -0.3 is 19.3 Å². The monoisotopic (exact) mass is 334 g/mol. The molecule has 11 heteroatoms. The Kier molecular flexibility index (Phi) is 4.82. The third-order valence-electron chi connectivity index (χ3n) is 2.70. The molecule has 1 rings (SSSR count). The van der Waals surface area contributed by atoms with E-state index in [-0.39, 0.29) is 0 Å². The van der Waals surface area contributed by atoms with Crippen LogP contribution < -0.4 is 0 Å². The molecule has 126 valence electrons. The second-order valence-electron chi connectivity index (χ2n) is 4.29. The summed E-state index contributed by atoms with van der Waals surface area (Å²) >= 11 is 0. The van der Waals surface area contributed by atoms with E-state index in [0.717, 1.165) is 0 Å². The summed E-state index contributed by atoms with van der Waals surface area (Å²) in [5, 5.41) is 9.18. The van der Waals surface area contributed by atoms with Crippen LogP contribution in [0, 0.1) is 0 Å². The Labute approximate surface area is 120 Å². The van der Waals surface area contributed by atoms with Crippen LogP contribution in [-0.2, 0) is 23.8 Å². The van der Waals surface area contributed by atoms with Crippen molar-refractivity contribution in [2.45, 2.75) is 37.0 Å². The second-order valence-corrected chi connectivity index (χ2v) is 4.29. The molecule has 0 aliphatic carbocycles. The first kappa shape index (κ1) is 18.3. The molecule has 1 fully saturated rings. The quantitative estimate of drug-likeness (QED) is 0.468. The highest BCUT2D eigenvalue weighted by atomic mass is 19.4. The van der Waals surface area contributed by atoms with Crippen molar-refractivity contribution in [2.24, 2.45) is 0 Å². The minimum Gasteiger partial charge on any atom is -0.460 e. The zero-order valence-electron chi connectivity index (χ0n) is 11.0. The average molecular weight is 334 g/mol. The SMILES string of the molecule is C=CC(=O)OCC1OC(O)(C(F)(F)F)C(F)(F)C1OC(C)=O. The van der Waals surface area contributed by atoms with Gasteiger partial charge in [-0.2, -0.15) is 22.0 Å². The summed E-state index contributed by atoms with van der Waals surface area (Å²) in [6.45, 7) is 2.55. The second kappa shape index (κ2) is 5.80. The molecule has 3 unspecified atom stereocenters.